The minimum absolute atomic E-state index is 0.446. The van der Waals surface area contributed by atoms with Crippen LogP contribution >= 0.6 is 0 Å². The monoisotopic (exact) mass is 244 g/mol. The molecular formula is C16H24N2. The maximum absolute atomic E-state index is 3.33. The number of rotatable bonds is 4. The van der Waals surface area contributed by atoms with Crippen LogP contribution in [0.5, 0.6) is 0 Å². The highest BCUT2D eigenvalue weighted by atomic mass is 15.1. The molecule has 1 aliphatic heterocycles. The molecule has 1 aromatic carbocycles. The van der Waals surface area contributed by atoms with Gasteiger partial charge in [0.15, 0.2) is 0 Å². The maximum atomic E-state index is 3.33. The van der Waals surface area contributed by atoms with Crippen LogP contribution in [-0.4, -0.2) is 20.1 Å². The van der Waals surface area contributed by atoms with Gasteiger partial charge in [-0.3, -0.25) is 0 Å². The van der Waals surface area contributed by atoms with E-state index in [2.05, 4.69) is 35.3 Å². The summed E-state index contributed by atoms with van der Waals surface area (Å²) in [5, 5.41) is 3.33. The molecule has 1 heterocycles. The third-order valence-corrected chi connectivity index (χ3v) is 4.74. The number of fused-ring (bicyclic) bond motifs is 1. The first-order valence-electron chi connectivity index (χ1n) is 7.33. The van der Waals surface area contributed by atoms with E-state index in [1.54, 1.807) is 5.56 Å². The molecule has 1 unspecified atom stereocenters. The number of anilines is 1. The fourth-order valence-corrected chi connectivity index (χ4v) is 3.08. The van der Waals surface area contributed by atoms with Gasteiger partial charge in [-0.2, -0.15) is 0 Å². The van der Waals surface area contributed by atoms with Crippen molar-refractivity contribution >= 4 is 5.69 Å². The molecule has 1 fully saturated rings. The average molecular weight is 244 g/mol. The van der Waals surface area contributed by atoms with Gasteiger partial charge in [-0.05, 0) is 56.3 Å². The van der Waals surface area contributed by atoms with Crippen molar-refractivity contribution in [1.82, 2.24) is 5.32 Å². The number of hydrogen-bond acceptors (Lipinski definition) is 2. The number of hydrogen-bond donors (Lipinski definition) is 1. The quantitative estimate of drug-likeness (QED) is 0.875. The van der Waals surface area contributed by atoms with Gasteiger partial charge in [-0.25, -0.2) is 0 Å². The predicted molar refractivity (Wildman–Crippen MR) is 77.2 cm³/mol. The first-order valence-corrected chi connectivity index (χ1v) is 7.33. The van der Waals surface area contributed by atoms with Crippen LogP contribution in [0, 0.1) is 5.92 Å². The SMILES string of the molecule is CNC(C)c1ccc2c(c1)N(CC1CCC1)CC2. The number of benzene rings is 1. The van der Waals surface area contributed by atoms with Crippen molar-refractivity contribution in [3.8, 4) is 0 Å². The zero-order chi connectivity index (χ0) is 12.5. The molecule has 2 nitrogen and oxygen atoms in total. The predicted octanol–water partition coefficient (Wildman–Crippen LogP) is 3.13. The fourth-order valence-electron chi connectivity index (χ4n) is 3.08. The Morgan fingerprint density at radius 3 is 2.89 bits per heavy atom. The lowest BCUT2D eigenvalue weighted by molar-refractivity contribution is 0.319. The van der Waals surface area contributed by atoms with Crippen LogP contribution in [0.15, 0.2) is 18.2 Å². The Bertz CT molecular complexity index is 423. The summed E-state index contributed by atoms with van der Waals surface area (Å²) < 4.78 is 0. The lowest BCUT2D eigenvalue weighted by atomic mass is 9.85. The average Bonchev–Trinajstić information content (AvgIpc) is 2.75. The van der Waals surface area contributed by atoms with Gasteiger partial charge in [0.2, 0.25) is 0 Å². The van der Waals surface area contributed by atoms with Crippen LogP contribution in [0.2, 0.25) is 0 Å². The minimum atomic E-state index is 0.446. The third-order valence-electron chi connectivity index (χ3n) is 4.74. The first kappa shape index (κ1) is 12.0. The van der Waals surface area contributed by atoms with E-state index in [0.29, 0.717) is 6.04 Å². The summed E-state index contributed by atoms with van der Waals surface area (Å²) in [7, 11) is 2.03. The molecule has 1 N–H and O–H groups in total. The molecule has 2 aliphatic rings. The van der Waals surface area contributed by atoms with E-state index in [1.807, 2.05) is 7.05 Å². The Hall–Kier alpha value is -1.02. The maximum Gasteiger partial charge on any atom is 0.0402 e. The highest BCUT2D eigenvalue weighted by Gasteiger charge is 2.25. The lowest BCUT2D eigenvalue weighted by Gasteiger charge is -2.31. The molecule has 0 saturated heterocycles. The molecule has 1 aliphatic carbocycles. The molecule has 0 bridgehead atoms. The third kappa shape index (κ3) is 2.14. The van der Waals surface area contributed by atoms with E-state index in [-0.39, 0.29) is 0 Å². The van der Waals surface area contributed by atoms with E-state index in [4.69, 9.17) is 0 Å². The summed E-state index contributed by atoms with van der Waals surface area (Å²) in [4.78, 5) is 2.62. The molecule has 3 rings (SSSR count). The summed E-state index contributed by atoms with van der Waals surface area (Å²) in [6.45, 7) is 4.74. The Balaban J connectivity index is 1.79. The second-order valence-corrected chi connectivity index (χ2v) is 5.89. The summed E-state index contributed by atoms with van der Waals surface area (Å²) >= 11 is 0. The van der Waals surface area contributed by atoms with Crippen molar-refractivity contribution in [2.45, 2.75) is 38.6 Å². The summed E-state index contributed by atoms with van der Waals surface area (Å²) in [6, 6.07) is 7.47. The van der Waals surface area contributed by atoms with Crippen molar-refractivity contribution in [3.05, 3.63) is 29.3 Å². The normalized spacial score (nSPS) is 20.7. The van der Waals surface area contributed by atoms with Crippen molar-refractivity contribution in [2.24, 2.45) is 5.92 Å². The standard InChI is InChI=1S/C16H24N2/c1-12(17-2)15-7-6-14-8-9-18(16(14)10-15)11-13-4-3-5-13/h6-7,10,12-13,17H,3-5,8-9,11H2,1-2H3. The van der Waals surface area contributed by atoms with Crippen molar-refractivity contribution < 1.29 is 0 Å². The van der Waals surface area contributed by atoms with Crippen LogP contribution < -0.4 is 10.2 Å². The molecule has 18 heavy (non-hydrogen) atoms. The second-order valence-electron chi connectivity index (χ2n) is 5.89. The Kier molecular flexibility index (Phi) is 3.29. The van der Waals surface area contributed by atoms with Gasteiger partial charge in [-0.1, -0.05) is 18.6 Å². The van der Waals surface area contributed by atoms with Crippen LogP contribution in [0.25, 0.3) is 0 Å². The van der Waals surface area contributed by atoms with Crippen molar-refractivity contribution in [1.29, 1.82) is 0 Å². The highest BCUT2D eigenvalue weighted by Crippen LogP contribution is 2.34. The zero-order valence-electron chi connectivity index (χ0n) is 11.6. The molecule has 0 radical (unpaired) electrons. The summed E-state index contributed by atoms with van der Waals surface area (Å²) in [6.07, 6.45) is 5.56. The van der Waals surface area contributed by atoms with Gasteiger partial charge in [-0.15, -0.1) is 0 Å². The lowest BCUT2D eigenvalue weighted by Crippen LogP contribution is -2.31. The van der Waals surface area contributed by atoms with Crippen LogP contribution in [0.4, 0.5) is 5.69 Å². The number of nitrogens with zero attached hydrogens (tertiary/aromatic N) is 1. The molecule has 0 spiro atoms. The summed E-state index contributed by atoms with van der Waals surface area (Å²) in [5.74, 6) is 0.960. The Morgan fingerprint density at radius 1 is 1.39 bits per heavy atom. The van der Waals surface area contributed by atoms with E-state index in [1.165, 1.54) is 50.0 Å². The van der Waals surface area contributed by atoms with E-state index >= 15 is 0 Å². The van der Waals surface area contributed by atoms with Gasteiger partial charge in [0, 0.05) is 24.8 Å². The van der Waals surface area contributed by atoms with E-state index < -0.39 is 0 Å². The molecule has 0 aromatic heterocycles. The molecule has 2 heteroatoms. The largest absolute Gasteiger partial charge is 0.371 e. The van der Waals surface area contributed by atoms with Crippen LogP contribution in [0.1, 0.15) is 43.4 Å². The Morgan fingerprint density at radius 2 is 2.22 bits per heavy atom. The topological polar surface area (TPSA) is 15.3 Å². The van der Waals surface area contributed by atoms with Crippen LogP contribution in [-0.2, 0) is 6.42 Å². The van der Waals surface area contributed by atoms with E-state index in [0.717, 1.165) is 5.92 Å². The molecular weight excluding hydrogens is 220 g/mol. The Labute approximate surface area is 110 Å². The molecule has 0 amide bonds. The van der Waals surface area contributed by atoms with Gasteiger partial charge in [0.25, 0.3) is 0 Å². The van der Waals surface area contributed by atoms with E-state index in [9.17, 15) is 0 Å². The number of nitrogens with one attached hydrogen (secondary N) is 1. The minimum Gasteiger partial charge on any atom is -0.371 e. The van der Waals surface area contributed by atoms with Gasteiger partial charge in [0.05, 0.1) is 0 Å². The highest BCUT2D eigenvalue weighted by molar-refractivity contribution is 5.60. The van der Waals surface area contributed by atoms with Crippen LogP contribution in [0.3, 0.4) is 0 Å². The molecule has 1 saturated carbocycles. The van der Waals surface area contributed by atoms with Gasteiger partial charge >= 0.3 is 0 Å². The molecule has 98 valence electrons. The summed E-state index contributed by atoms with van der Waals surface area (Å²) in [5.41, 5.74) is 4.46. The van der Waals surface area contributed by atoms with Crippen molar-refractivity contribution in [2.75, 3.05) is 25.0 Å². The molecule has 1 aromatic rings. The molecule has 1 atom stereocenters. The second kappa shape index (κ2) is 4.93. The fraction of sp³-hybridized carbons (Fsp3) is 0.625. The van der Waals surface area contributed by atoms with Gasteiger partial charge in [0.1, 0.15) is 0 Å². The van der Waals surface area contributed by atoms with Gasteiger partial charge < -0.3 is 10.2 Å². The smallest absolute Gasteiger partial charge is 0.0402 e. The van der Waals surface area contributed by atoms with Crippen molar-refractivity contribution in [3.63, 3.8) is 0 Å². The first-order chi connectivity index (χ1) is 8.78. The zero-order valence-corrected chi connectivity index (χ0v) is 11.6.